The monoisotopic (exact) mass is 252 g/mol. The van der Waals surface area contributed by atoms with Crippen LogP contribution in [0, 0.1) is 5.92 Å². The molecule has 0 aromatic heterocycles. The third kappa shape index (κ3) is 3.37. The highest BCUT2D eigenvalue weighted by Gasteiger charge is 2.22. The molecule has 0 bridgehead atoms. The van der Waals surface area contributed by atoms with Crippen molar-refractivity contribution < 1.29 is 4.79 Å². The van der Waals surface area contributed by atoms with Crippen LogP contribution in [0.3, 0.4) is 0 Å². The maximum Gasteiger partial charge on any atom is 0.234 e. The summed E-state index contributed by atoms with van der Waals surface area (Å²) < 4.78 is 0. The molecular weight excluding hydrogens is 236 g/mol. The van der Waals surface area contributed by atoms with Crippen LogP contribution in [0.2, 0.25) is 0 Å². The van der Waals surface area contributed by atoms with E-state index >= 15 is 0 Å². The molecule has 1 fully saturated rings. The molecule has 1 heterocycles. The highest BCUT2D eigenvalue weighted by atomic mass is 35.5. The van der Waals surface area contributed by atoms with Gasteiger partial charge in [0, 0.05) is 25.3 Å². The van der Waals surface area contributed by atoms with Gasteiger partial charge in [-0.1, -0.05) is 18.2 Å². The molecule has 17 heavy (non-hydrogen) atoms. The van der Waals surface area contributed by atoms with Crippen LogP contribution in [-0.2, 0) is 4.79 Å². The van der Waals surface area contributed by atoms with Crippen molar-refractivity contribution in [3.05, 3.63) is 30.3 Å². The molecule has 92 valence electrons. The molecule has 1 saturated heterocycles. The SMILES string of the molecule is O=C(CCl)NCC1CCN(c2ccccc2)C1. The van der Waals surface area contributed by atoms with E-state index in [0.29, 0.717) is 5.92 Å². The second kappa shape index (κ2) is 5.92. The van der Waals surface area contributed by atoms with Crippen LogP contribution in [0.1, 0.15) is 6.42 Å². The van der Waals surface area contributed by atoms with Crippen LogP contribution in [-0.4, -0.2) is 31.4 Å². The highest BCUT2D eigenvalue weighted by molar-refractivity contribution is 6.27. The van der Waals surface area contributed by atoms with Gasteiger partial charge in [-0.05, 0) is 24.5 Å². The second-order valence-corrected chi connectivity index (χ2v) is 4.64. The molecule has 3 nitrogen and oxygen atoms in total. The van der Waals surface area contributed by atoms with E-state index in [0.717, 1.165) is 26.1 Å². The molecule has 0 saturated carbocycles. The molecule has 1 unspecified atom stereocenters. The van der Waals surface area contributed by atoms with E-state index in [4.69, 9.17) is 11.6 Å². The summed E-state index contributed by atoms with van der Waals surface area (Å²) in [6.07, 6.45) is 1.12. The van der Waals surface area contributed by atoms with E-state index in [-0.39, 0.29) is 11.8 Å². The van der Waals surface area contributed by atoms with E-state index in [1.807, 2.05) is 6.07 Å². The normalized spacial score (nSPS) is 19.4. The number of nitrogens with zero attached hydrogens (tertiary/aromatic N) is 1. The first kappa shape index (κ1) is 12.2. The summed E-state index contributed by atoms with van der Waals surface area (Å²) in [5.41, 5.74) is 1.26. The van der Waals surface area contributed by atoms with Gasteiger partial charge in [0.05, 0.1) is 0 Å². The molecule has 1 N–H and O–H groups in total. The Morgan fingerprint density at radius 2 is 2.18 bits per heavy atom. The third-order valence-electron chi connectivity index (χ3n) is 3.12. The largest absolute Gasteiger partial charge is 0.371 e. The number of halogens is 1. The molecule has 0 aliphatic carbocycles. The summed E-state index contributed by atoms with van der Waals surface area (Å²) in [7, 11) is 0. The minimum Gasteiger partial charge on any atom is -0.371 e. The van der Waals surface area contributed by atoms with Crippen molar-refractivity contribution in [3.8, 4) is 0 Å². The average molecular weight is 253 g/mol. The van der Waals surface area contributed by atoms with E-state index in [1.165, 1.54) is 5.69 Å². The van der Waals surface area contributed by atoms with E-state index in [1.54, 1.807) is 0 Å². The Hall–Kier alpha value is -1.22. The molecule has 2 rings (SSSR count). The minimum atomic E-state index is -0.0789. The van der Waals surface area contributed by atoms with Crippen LogP contribution in [0.15, 0.2) is 30.3 Å². The van der Waals surface area contributed by atoms with Gasteiger partial charge < -0.3 is 10.2 Å². The molecule has 1 aromatic carbocycles. The van der Waals surface area contributed by atoms with E-state index in [2.05, 4.69) is 34.5 Å². The van der Waals surface area contributed by atoms with Crippen molar-refractivity contribution in [3.63, 3.8) is 0 Å². The summed E-state index contributed by atoms with van der Waals surface area (Å²) in [6.45, 7) is 2.80. The van der Waals surface area contributed by atoms with Gasteiger partial charge in [0.25, 0.3) is 0 Å². The number of hydrogen-bond donors (Lipinski definition) is 1. The lowest BCUT2D eigenvalue weighted by molar-refractivity contribution is -0.118. The minimum absolute atomic E-state index is 0.0507. The van der Waals surface area contributed by atoms with Crippen molar-refractivity contribution in [2.75, 3.05) is 30.4 Å². The Balaban J connectivity index is 1.82. The predicted molar refractivity (Wildman–Crippen MR) is 70.5 cm³/mol. The zero-order valence-corrected chi connectivity index (χ0v) is 10.5. The fourth-order valence-electron chi connectivity index (χ4n) is 2.18. The molecule has 1 aromatic rings. The first-order chi connectivity index (χ1) is 8.29. The Labute approximate surface area is 107 Å². The number of rotatable bonds is 4. The summed E-state index contributed by atoms with van der Waals surface area (Å²) in [5, 5.41) is 2.85. The number of carbonyl (C=O) groups excluding carboxylic acids is 1. The van der Waals surface area contributed by atoms with E-state index < -0.39 is 0 Å². The number of carbonyl (C=O) groups is 1. The zero-order valence-electron chi connectivity index (χ0n) is 9.73. The standard InChI is InChI=1S/C13H17ClN2O/c14-8-13(17)15-9-11-6-7-16(10-11)12-4-2-1-3-5-12/h1-5,11H,6-10H2,(H,15,17). The number of benzene rings is 1. The van der Waals surface area contributed by atoms with Gasteiger partial charge in [0.2, 0.25) is 5.91 Å². The van der Waals surface area contributed by atoms with Gasteiger partial charge in [-0.3, -0.25) is 4.79 Å². The second-order valence-electron chi connectivity index (χ2n) is 4.37. The Kier molecular flexibility index (Phi) is 4.26. The topological polar surface area (TPSA) is 32.3 Å². The quantitative estimate of drug-likeness (QED) is 0.830. The lowest BCUT2D eigenvalue weighted by Gasteiger charge is -2.18. The van der Waals surface area contributed by atoms with Crippen molar-refractivity contribution in [1.82, 2.24) is 5.32 Å². The fraction of sp³-hybridized carbons (Fsp3) is 0.462. The van der Waals surface area contributed by atoms with Gasteiger partial charge in [-0.25, -0.2) is 0 Å². The Morgan fingerprint density at radius 1 is 1.41 bits per heavy atom. The lowest BCUT2D eigenvalue weighted by atomic mass is 10.1. The number of anilines is 1. The highest BCUT2D eigenvalue weighted by Crippen LogP contribution is 2.22. The lowest BCUT2D eigenvalue weighted by Crippen LogP contribution is -2.31. The summed E-state index contributed by atoms with van der Waals surface area (Å²) in [6, 6.07) is 10.4. The third-order valence-corrected chi connectivity index (χ3v) is 3.36. The molecule has 0 spiro atoms. The van der Waals surface area contributed by atoms with Gasteiger partial charge in [-0.15, -0.1) is 11.6 Å². The first-order valence-electron chi connectivity index (χ1n) is 5.92. The van der Waals surface area contributed by atoms with Crippen LogP contribution in [0.5, 0.6) is 0 Å². The molecule has 4 heteroatoms. The summed E-state index contributed by atoms with van der Waals surface area (Å²) >= 11 is 5.44. The summed E-state index contributed by atoms with van der Waals surface area (Å²) in [5.74, 6) is 0.502. The van der Waals surface area contributed by atoms with Gasteiger partial charge in [-0.2, -0.15) is 0 Å². The van der Waals surface area contributed by atoms with Crippen LogP contribution in [0.4, 0.5) is 5.69 Å². The predicted octanol–water partition coefficient (Wildman–Crippen LogP) is 1.87. The average Bonchev–Trinajstić information content (AvgIpc) is 2.86. The zero-order chi connectivity index (χ0) is 12.1. The Morgan fingerprint density at radius 3 is 2.88 bits per heavy atom. The van der Waals surface area contributed by atoms with Crippen molar-refractivity contribution >= 4 is 23.2 Å². The first-order valence-corrected chi connectivity index (χ1v) is 6.45. The van der Waals surface area contributed by atoms with Crippen molar-refractivity contribution in [1.29, 1.82) is 0 Å². The molecule has 1 atom stereocenters. The number of para-hydroxylation sites is 1. The summed E-state index contributed by atoms with van der Waals surface area (Å²) in [4.78, 5) is 13.4. The van der Waals surface area contributed by atoms with Gasteiger partial charge in [0.1, 0.15) is 5.88 Å². The van der Waals surface area contributed by atoms with Gasteiger partial charge >= 0.3 is 0 Å². The molecule has 1 amide bonds. The maximum atomic E-state index is 11.1. The van der Waals surface area contributed by atoms with Crippen LogP contribution in [0.25, 0.3) is 0 Å². The molecule has 1 aliphatic rings. The van der Waals surface area contributed by atoms with Gasteiger partial charge in [0.15, 0.2) is 0 Å². The number of hydrogen-bond acceptors (Lipinski definition) is 2. The van der Waals surface area contributed by atoms with Crippen molar-refractivity contribution in [2.24, 2.45) is 5.92 Å². The fourth-order valence-corrected chi connectivity index (χ4v) is 2.27. The smallest absolute Gasteiger partial charge is 0.234 e. The molecular formula is C13H17ClN2O. The maximum absolute atomic E-state index is 11.1. The van der Waals surface area contributed by atoms with Crippen molar-refractivity contribution in [2.45, 2.75) is 6.42 Å². The molecule has 1 aliphatic heterocycles. The van der Waals surface area contributed by atoms with Crippen LogP contribution >= 0.6 is 11.6 Å². The Bertz CT molecular complexity index is 369. The van der Waals surface area contributed by atoms with E-state index in [9.17, 15) is 4.79 Å². The molecule has 0 radical (unpaired) electrons. The number of alkyl halides is 1. The number of amides is 1. The van der Waals surface area contributed by atoms with Crippen LogP contribution < -0.4 is 10.2 Å². The number of nitrogens with one attached hydrogen (secondary N) is 1.